The predicted octanol–water partition coefficient (Wildman–Crippen LogP) is 6.67. The fourth-order valence-corrected chi connectivity index (χ4v) is 6.07. The molecule has 0 radical (unpaired) electrons. The molecule has 1 amide bonds. The molecule has 1 aliphatic heterocycles. The summed E-state index contributed by atoms with van der Waals surface area (Å²) in [5.41, 5.74) is 5.01. The quantitative estimate of drug-likeness (QED) is 0.239. The molecule has 1 saturated carbocycles. The number of nitrogens with one attached hydrogen (secondary N) is 1. The minimum Gasteiger partial charge on any atom is -0.475 e. The molecular formula is C36H53F3N4O3. The fraction of sp³-hybridized carbons (Fsp3) is 0.611. The van der Waals surface area contributed by atoms with Crippen LogP contribution in [-0.4, -0.2) is 90.7 Å². The number of alkyl halides is 3. The van der Waals surface area contributed by atoms with Gasteiger partial charge in [-0.3, -0.25) is 4.79 Å². The number of carbonyl (C=O) groups is 2. The summed E-state index contributed by atoms with van der Waals surface area (Å²) in [7, 11) is 2.20. The van der Waals surface area contributed by atoms with Gasteiger partial charge in [0.1, 0.15) is 0 Å². The van der Waals surface area contributed by atoms with Crippen LogP contribution in [0, 0.1) is 11.8 Å². The average molecular weight is 647 g/mol. The Bertz CT molecular complexity index is 1210. The second kappa shape index (κ2) is 19.0. The Labute approximate surface area is 273 Å². The van der Waals surface area contributed by atoms with Gasteiger partial charge in [0.05, 0.1) is 0 Å². The number of carboxylic acids is 1. The number of halogens is 3. The number of rotatable bonds is 14. The summed E-state index contributed by atoms with van der Waals surface area (Å²) in [6, 6.07) is 17.7. The number of nitrogens with zero attached hydrogens (tertiary/aromatic N) is 3. The molecule has 0 unspecified atom stereocenters. The summed E-state index contributed by atoms with van der Waals surface area (Å²) >= 11 is 0. The first kappa shape index (κ1) is 37.5. The molecule has 46 heavy (non-hydrogen) atoms. The van der Waals surface area contributed by atoms with Gasteiger partial charge in [-0.2, -0.15) is 13.2 Å². The summed E-state index contributed by atoms with van der Waals surface area (Å²) in [4.78, 5) is 29.5. The van der Waals surface area contributed by atoms with Crippen molar-refractivity contribution in [1.29, 1.82) is 0 Å². The molecule has 2 N–H and O–H groups in total. The molecule has 0 bridgehead atoms. The maximum absolute atomic E-state index is 13.5. The van der Waals surface area contributed by atoms with Crippen molar-refractivity contribution in [3.8, 4) is 11.1 Å². The first-order valence-electron chi connectivity index (χ1n) is 16.8. The Morgan fingerprint density at radius 3 is 2.15 bits per heavy atom. The van der Waals surface area contributed by atoms with Crippen molar-refractivity contribution in [3.63, 3.8) is 0 Å². The number of aliphatic carboxylic acids is 1. The Hall–Kier alpha value is -2.95. The summed E-state index contributed by atoms with van der Waals surface area (Å²) in [6.07, 6.45) is 3.03. The topological polar surface area (TPSA) is 76.1 Å². The zero-order chi connectivity index (χ0) is 33.5. The standard InChI is InChI=1S/C34H52N4O.C2HF3O2/c1-28(2)25-35-26-30-11-6-13-32(23-30)33-14-7-12-31(24-33)27-38(34(39)16-15-29-9-4-5-10-29)18-8-17-37-21-19-36(3)20-22-37;3-2(4,5)1(6)7/h6-7,11-14,23-24,28-29,35H,4-5,8-10,15-22,25-27H2,1-3H3;(H,6,7). The van der Waals surface area contributed by atoms with E-state index in [2.05, 4.69) is 89.4 Å². The van der Waals surface area contributed by atoms with Crippen molar-refractivity contribution < 1.29 is 27.9 Å². The van der Waals surface area contributed by atoms with Gasteiger partial charge in [0, 0.05) is 52.2 Å². The van der Waals surface area contributed by atoms with Gasteiger partial charge in [-0.05, 0) is 79.2 Å². The molecule has 2 aromatic rings. The second-order valence-electron chi connectivity index (χ2n) is 13.2. The number of hydrogen-bond acceptors (Lipinski definition) is 5. The zero-order valence-corrected chi connectivity index (χ0v) is 27.8. The van der Waals surface area contributed by atoms with Gasteiger partial charge >= 0.3 is 12.1 Å². The molecule has 1 saturated heterocycles. The Morgan fingerprint density at radius 2 is 1.57 bits per heavy atom. The number of benzene rings is 2. The van der Waals surface area contributed by atoms with E-state index in [1.165, 1.54) is 47.9 Å². The van der Waals surface area contributed by atoms with Crippen LogP contribution in [0.2, 0.25) is 0 Å². The number of amides is 1. The Balaban J connectivity index is 0.000000738. The highest BCUT2D eigenvalue weighted by Crippen LogP contribution is 2.29. The van der Waals surface area contributed by atoms with Gasteiger partial charge in [-0.25, -0.2) is 4.79 Å². The van der Waals surface area contributed by atoms with Crippen LogP contribution in [0.1, 0.15) is 69.9 Å². The van der Waals surface area contributed by atoms with Crippen molar-refractivity contribution in [1.82, 2.24) is 20.0 Å². The van der Waals surface area contributed by atoms with Crippen LogP contribution < -0.4 is 5.32 Å². The van der Waals surface area contributed by atoms with Crippen molar-refractivity contribution in [2.24, 2.45) is 11.8 Å². The van der Waals surface area contributed by atoms with Crippen molar-refractivity contribution >= 4 is 11.9 Å². The third-order valence-electron chi connectivity index (χ3n) is 8.78. The minimum atomic E-state index is -5.08. The number of likely N-dealkylation sites (N-methyl/N-ethyl adjacent to an activating group) is 1. The number of hydrogen-bond donors (Lipinski definition) is 2. The summed E-state index contributed by atoms with van der Waals surface area (Å²) < 4.78 is 31.7. The molecule has 4 rings (SSSR count). The van der Waals surface area contributed by atoms with Crippen LogP contribution in [0.5, 0.6) is 0 Å². The van der Waals surface area contributed by atoms with E-state index in [9.17, 15) is 18.0 Å². The number of carboxylic acid groups (broad SMARTS) is 1. The van der Waals surface area contributed by atoms with E-state index < -0.39 is 12.1 Å². The SMILES string of the molecule is CC(C)CNCc1cccc(-c2cccc(CN(CCCN3CCN(C)CC3)C(=O)CCC3CCCC3)c2)c1.O=C(O)C(F)(F)F. The van der Waals surface area contributed by atoms with Gasteiger partial charge in [-0.15, -0.1) is 0 Å². The van der Waals surface area contributed by atoms with Gasteiger partial charge in [0.15, 0.2) is 0 Å². The lowest BCUT2D eigenvalue weighted by molar-refractivity contribution is -0.192. The molecule has 2 aromatic carbocycles. The molecule has 1 aliphatic carbocycles. The molecule has 2 aliphatic rings. The van der Waals surface area contributed by atoms with E-state index in [0.29, 0.717) is 24.8 Å². The zero-order valence-electron chi connectivity index (χ0n) is 27.8. The molecule has 7 nitrogen and oxygen atoms in total. The van der Waals surface area contributed by atoms with Crippen molar-refractivity contribution in [2.45, 2.75) is 78.1 Å². The van der Waals surface area contributed by atoms with Crippen LogP contribution in [0.25, 0.3) is 11.1 Å². The van der Waals surface area contributed by atoms with Crippen molar-refractivity contribution in [2.75, 3.05) is 52.9 Å². The van der Waals surface area contributed by atoms with Gasteiger partial charge in [0.2, 0.25) is 5.91 Å². The molecule has 0 spiro atoms. The Kier molecular flexibility index (Phi) is 15.5. The van der Waals surface area contributed by atoms with Gasteiger partial charge in [0.25, 0.3) is 0 Å². The third kappa shape index (κ3) is 13.8. The van der Waals surface area contributed by atoms with Crippen LogP contribution in [-0.2, 0) is 22.7 Å². The maximum atomic E-state index is 13.5. The first-order valence-corrected chi connectivity index (χ1v) is 16.8. The molecular weight excluding hydrogens is 593 g/mol. The van der Waals surface area contributed by atoms with E-state index in [0.717, 1.165) is 71.1 Å². The predicted molar refractivity (Wildman–Crippen MR) is 177 cm³/mol. The average Bonchev–Trinajstić information content (AvgIpc) is 3.54. The minimum absolute atomic E-state index is 0.337. The summed E-state index contributed by atoms with van der Waals surface area (Å²) in [5.74, 6) is -1.02. The van der Waals surface area contributed by atoms with Crippen LogP contribution in [0.15, 0.2) is 48.5 Å². The van der Waals surface area contributed by atoms with E-state index in [1.54, 1.807) is 0 Å². The lowest BCUT2D eigenvalue weighted by Crippen LogP contribution is -2.45. The first-order chi connectivity index (χ1) is 21.9. The summed E-state index contributed by atoms with van der Waals surface area (Å²) in [5, 5.41) is 10.7. The van der Waals surface area contributed by atoms with Gasteiger partial charge in [-0.1, -0.05) is 75.9 Å². The Morgan fingerprint density at radius 1 is 0.978 bits per heavy atom. The molecule has 10 heteroatoms. The lowest BCUT2D eigenvalue weighted by atomic mass is 10.00. The molecule has 1 heterocycles. The number of carbonyl (C=O) groups excluding carboxylic acids is 1. The highest BCUT2D eigenvalue weighted by Gasteiger charge is 2.38. The second-order valence-corrected chi connectivity index (χ2v) is 13.2. The molecule has 0 atom stereocenters. The molecule has 2 fully saturated rings. The maximum Gasteiger partial charge on any atom is 0.490 e. The van der Waals surface area contributed by atoms with E-state index in [4.69, 9.17) is 9.90 Å². The number of piperazine rings is 1. The third-order valence-corrected chi connectivity index (χ3v) is 8.78. The van der Waals surface area contributed by atoms with Crippen LogP contribution in [0.4, 0.5) is 13.2 Å². The largest absolute Gasteiger partial charge is 0.490 e. The molecule has 0 aromatic heterocycles. The summed E-state index contributed by atoms with van der Waals surface area (Å²) in [6.45, 7) is 13.6. The molecule has 256 valence electrons. The van der Waals surface area contributed by atoms with Crippen LogP contribution in [0.3, 0.4) is 0 Å². The lowest BCUT2D eigenvalue weighted by Gasteiger charge is -2.33. The van der Waals surface area contributed by atoms with Gasteiger partial charge < -0.3 is 25.1 Å². The smallest absolute Gasteiger partial charge is 0.475 e. The monoisotopic (exact) mass is 646 g/mol. The highest BCUT2D eigenvalue weighted by molar-refractivity contribution is 5.76. The van der Waals surface area contributed by atoms with E-state index in [-0.39, 0.29) is 0 Å². The van der Waals surface area contributed by atoms with Crippen molar-refractivity contribution in [3.05, 3.63) is 59.7 Å². The highest BCUT2D eigenvalue weighted by atomic mass is 19.4. The normalized spacial score (nSPS) is 16.3. The fourth-order valence-electron chi connectivity index (χ4n) is 6.07. The van der Waals surface area contributed by atoms with E-state index in [1.807, 2.05) is 0 Å². The van der Waals surface area contributed by atoms with E-state index >= 15 is 0 Å². The van der Waals surface area contributed by atoms with Crippen LogP contribution >= 0.6 is 0 Å².